The summed E-state index contributed by atoms with van der Waals surface area (Å²) in [4.78, 5) is 35.4. The van der Waals surface area contributed by atoms with Gasteiger partial charge in [-0.3, -0.25) is 14.4 Å². The number of amides is 2. The molecule has 9 heteroatoms. The number of thiocarbonyl (C=S) groups is 1. The molecule has 3 N–H and O–H groups in total. The van der Waals surface area contributed by atoms with Gasteiger partial charge in [0.25, 0.3) is 5.91 Å². The lowest BCUT2D eigenvalue weighted by molar-refractivity contribution is -0.146. The van der Waals surface area contributed by atoms with Gasteiger partial charge >= 0.3 is 5.97 Å². The van der Waals surface area contributed by atoms with Crippen LogP contribution in [0.1, 0.15) is 44.0 Å². The van der Waals surface area contributed by atoms with Crippen molar-refractivity contribution in [1.29, 1.82) is 0 Å². The first-order valence-electron chi connectivity index (χ1n) is 8.78. The number of carbonyl (C=O) groups excluding carboxylic acids is 3. The van der Waals surface area contributed by atoms with Crippen LogP contribution in [0.3, 0.4) is 0 Å². The first-order chi connectivity index (χ1) is 13.1. The molecule has 1 aromatic carbocycles. The van der Waals surface area contributed by atoms with Crippen molar-refractivity contribution in [2.24, 2.45) is 0 Å². The molecule has 0 unspecified atom stereocenters. The summed E-state index contributed by atoms with van der Waals surface area (Å²) in [7, 11) is 1.50. The van der Waals surface area contributed by atoms with Crippen LogP contribution >= 0.6 is 12.2 Å². The van der Waals surface area contributed by atoms with E-state index in [0.29, 0.717) is 17.9 Å². The van der Waals surface area contributed by atoms with E-state index >= 15 is 0 Å². The molecule has 0 saturated carbocycles. The molecule has 0 aliphatic heterocycles. The Kier molecular flexibility index (Phi) is 9.54. The average molecular weight is 410 g/mol. The van der Waals surface area contributed by atoms with Crippen LogP contribution in [0, 0.1) is 0 Å². The smallest absolute Gasteiger partial charge is 0.306 e. The molecular formula is C19H27N3O5S. The standard InChI is InChI=1S/C19H27N3O5S/c1-19(2,3)22-17(25)13-5-7-14(8-6-13)20-18(28)21-15(23)9-10-16(24)27-12-11-26-4/h5-8H,9-12H2,1-4H3,(H,22,25)(H2,20,21,23,28). The Morgan fingerprint density at radius 3 is 2.25 bits per heavy atom. The van der Waals surface area contributed by atoms with E-state index in [2.05, 4.69) is 16.0 Å². The third-order valence-electron chi connectivity index (χ3n) is 3.25. The van der Waals surface area contributed by atoms with Gasteiger partial charge in [-0.1, -0.05) is 0 Å². The molecule has 1 aromatic rings. The SMILES string of the molecule is COCCOC(=O)CCC(=O)NC(=S)Nc1ccc(C(=O)NC(C)(C)C)cc1. The molecule has 0 radical (unpaired) electrons. The molecule has 0 spiro atoms. The quantitative estimate of drug-likeness (QED) is 0.343. The van der Waals surface area contributed by atoms with Gasteiger partial charge in [0.1, 0.15) is 6.61 Å². The van der Waals surface area contributed by atoms with Gasteiger partial charge in [0, 0.05) is 30.3 Å². The first-order valence-corrected chi connectivity index (χ1v) is 9.19. The van der Waals surface area contributed by atoms with E-state index in [1.165, 1.54) is 7.11 Å². The molecule has 0 aliphatic rings. The maximum Gasteiger partial charge on any atom is 0.306 e. The number of anilines is 1. The molecule has 0 aliphatic carbocycles. The summed E-state index contributed by atoms with van der Waals surface area (Å²) in [5.74, 6) is -1.05. The number of nitrogens with one attached hydrogen (secondary N) is 3. The normalized spacial score (nSPS) is 10.7. The van der Waals surface area contributed by atoms with Gasteiger partial charge in [-0.2, -0.15) is 0 Å². The van der Waals surface area contributed by atoms with Crippen LogP contribution in [0.15, 0.2) is 24.3 Å². The van der Waals surface area contributed by atoms with E-state index in [9.17, 15) is 14.4 Å². The molecule has 0 bridgehead atoms. The van der Waals surface area contributed by atoms with Crippen molar-refractivity contribution in [1.82, 2.24) is 10.6 Å². The Labute approximate surface area is 170 Å². The molecule has 0 saturated heterocycles. The monoisotopic (exact) mass is 409 g/mol. The van der Waals surface area contributed by atoms with Gasteiger partial charge in [-0.25, -0.2) is 0 Å². The summed E-state index contributed by atoms with van der Waals surface area (Å²) >= 11 is 5.08. The van der Waals surface area contributed by atoms with E-state index in [1.54, 1.807) is 24.3 Å². The molecule has 0 heterocycles. The molecule has 0 aromatic heterocycles. The van der Waals surface area contributed by atoms with Crippen LogP contribution in [0.2, 0.25) is 0 Å². The van der Waals surface area contributed by atoms with Crippen LogP contribution in [0.5, 0.6) is 0 Å². The zero-order chi connectivity index (χ0) is 21.2. The van der Waals surface area contributed by atoms with Gasteiger partial charge in [0.15, 0.2) is 5.11 Å². The second kappa shape index (κ2) is 11.4. The number of hydrogen-bond acceptors (Lipinski definition) is 6. The predicted octanol–water partition coefficient (Wildman–Crippen LogP) is 2.00. The highest BCUT2D eigenvalue weighted by molar-refractivity contribution is 7.80. The maximum atomic E-state index is 12.1. The zero-order valence-corrected chi connectivity index (χ0v) is 17.4. The number of benzene rings is 1. The number of ether oxygens (including phenoxy) is 2. The van der Waals surface area contributed by atoms with Gasteiger partial charge in [-0.05, 0) is 57.3 Å². The van der Waals surface area contributed by atoms with E-state index in [0.717, 1.165) is 0 Å². The number of rotatable bonds is 8. The highest BCUT2D eigenvalue weighted by atomic mass is 32.1. The minimum absolute atomic E-state index is 0.0421. The topological polar surface area (TPSA) is 106 Å². The highest BCUT2D eigenvalue weighted by Crippen LogP contribution is 2.11. The molecule has 0 atom stereocenters. The maximum absolute atomic E-state index is 12.1. The van der Waals surface area contributed by atoms with Gasteiger partial charge < -0.3 is 25.4 Å². The number of methoxy groups -OCH3 is 1. The molecule has 8 nitrogen and oxygen atoms in total. The number of carbonyl (C=O) groups is 3. The summed E-state index contributed by atoms with van der Waals surface area (Å²) in [6.45, 7) is 6.17. The summed E-state index contributed by atoms with van der Waals surface area (Å²) in [5.41, 5.74) is 0.815. The lowest BCUT2D eigenvalue weighted by atomic mass is 10.1. The fraction of sp³-hybridized carbons (Fsp3) is 0.474. The fourth-order valence-electron chi connectivity index (χ4n) is 2.00. The lowest BCUT2D eigenvalue weighted by Crippen LogP contribution is -2.40. The summed E-state index contributed by atoms with van der Waals surface area (Å²) in [6, 6.07) is 6.68. The summed E-state index contributed by atoms with van der Waals surface area (Å²) in [5, 5.41) is 8.32. The second-order valence-electron chi connectivity index (χ2n) is 7.00. The lowest BCUT2D eigenvalue weighted by Gasteiger charge is -2.20. The zero-order valence-electron chi connectivity index (χ0n) is 16.6. The highest BCUT2D eigenvalue weighted by Gasteiger charge is 2.15. The minimum atomic E-state index is -0.477. The molecule has 28 heavy (non-hydrogen) atoms. The number of hydrogen-bond donors (Lipinski definition) is 3. The van der Waals surface area contributed by atoms with E-state index in [-0.39, 0.29) is 36.0 Å². The summed E-state index contributed by atoms with van der Waals surface area (Å²) < 4.78 is 9.63. The molecular weight excluding hydrogens is 382 g/mol. The Morgan fingerprint density at radius 2 is 1.68 bits per heavy atom. The van der Waals surface area contributed by atoms with E-state index in [1.807, 2.05) is 20.8 Å². The summed E-state index contributed by atoms with van der Waals surface area (Å²) in [6.07, 6.45) is -0.0880. The fourth-order valence-corrected chi connectivity index (χ4v) is 2.23. The Hall–Kier alpha value is -2.52. The van der Waals surface area contributed by atoms with E-state index < -0.39 is 11.9 Å². The van der Waals surface area contributed by atoms with E-state index in [4.69, 9.17) is 21.7 Å². The van der Waals surface area contributed by atoms with Crippen LogP contribution in [-0.2, 0) is 19.1 Å². The van der Waals surface area contributed by atoms with Crippen molar-refractivity contribution in [3.05, 3.63) is 29.8 Å². The van der Waals surface area contributed by atoms with Crippen LogP contribution in [0.25, 0.3) is 0 Å². The third kappa shape index (κ3) is 9.98. The predicted molar refractivity (Wildman–Crippen MR) is 110 cm³/mol. The van der Waals surface area contributed by atoms with Gasteiger partial charge in [0.2, 0.25) is 5.91 Å². The van der Waals surface area contributed by atoms with Gasteiger partial charge in [0.05, 0.1) is 13.0 Å². The Balaban J connectivity index is 2.41. The minimum Gasteiger partial charge on any atom is -0.463 e. The van der Waals surface area contributed by atoms with Crippen LogP contribution in [-0.4, -0.2) is 48.8 Å². The molecule has 1 rings (SSSR count). The van der Waals surface area contributed by atoms with Crippen molar-refractivity contribution in [3.63, 3.8) is 0 Å². The van der Waals surface area contributed by atoms with Crippen molar-refractivity contribution in [3.8, 4) is 0 Å². The van der Waals surface area contributed by atoms with Crippen molar-refractivity contribution in [2.75, 3.05) is 25.6 Å². The largest absolute Gasteiger partial charge is 0.463 e. The number of esters is 1. The Bertz CT molecular complexity index is 699. The molecule has 2 amide bonds. The third-order valence-corrected chi connectivity index (χ3v) is 3.46. The van der Waals surface area contributed by atoms with Crippen molar-refractivity contribution in [2.45, 2.75) is 39.2 Å². The van der Waals surface area contributed by atoms with Crippen LogP contribution in [0.4, 0.5) is 5.69 Å². The first kappa shape index (κ1) is 23.5. The molecule has 0 fully saturated rings. The Morgan fingerprint density at radius 1 is 1.04 bits per heavy atom. The molecule has 154 valence electrons. The van der Waals surface area contributed by atoms with Crippen molar-refractivity contribution >= 4 is 40.8 Å². The van der Waals surface area contributed by atoms with Crippen molar-refractivity contribution < 1.29 is 23.9 Å². The van der Waals surface area contributed by atoms with Crippen LogP contribution < -0.4 is 16.0 Å². The van der Waals surface area contributed by atoms with Gasteiger partial charge in [-0.15, -0.1) is 0 Å². The second-order valence-corrected chi connectivity index (χ2v) is 7.41. The average Bonchev–Trinajstić information content (AvgIpc) is 2.59.